The summed E-state index contributed by atoms with van der Waals surface area (Å²) < 4.78 is 11.3. The number of aliphatic hydroxyl groups is 2. The van der Waals surface area contributed by atoms with E-state index in [-0.39, 0.29) is 49.3 Å². The van der Waals surface area contributed by atoms with E-state index >= 15 is 0 Å². The van der Waals surface area contributed by atoms with Crippen LogP contribution in [0.15, 0.2) is 0 Å². The standard InChI is InChI=1S/C34H56N8O13S3/c1-16(31(50)40-19(30(35)49)8-9-25(46)47)38-32(51)17(2)54-29-27(39-18(3)43)33(52)55-21(28(29)48)14-37-24(45)10-12-57-58-13-11-36-23(44)7-5-4-6-22-26-20(15-56-22)41-34(53)42-26/h16-17,19-22,26-29,33,48,52H,4-15H2,1-3H3,(H2,35,49)(H,36,44)(H,37,45)(H,38,51)(H,39,43)(H,40,50)(H,46,47)(H2,41,42,53)/t16-,17+,19-,20-,21+,22-,26-,27+,28+,29+,33+/m0/s1. The molecule has 0 aromatic heterocycles. The molecule has 24 heteroatoms. The maximum atomic E-state index is 13.0. The minimum absolute atomic E-state index is 0.0216. The van der Waals surface area contributed by atoms with E-state index in [1.54, 1.807) is 0 Å². The Kier molecular flexibility index (Phi) is 20.6. The molecule has 58 heavy (non-hydrogen) atoms. The maximum Gasteiger partial charge on any atom is 0.315 e. The molecule has 0 aromatic carbocycles. The van der Waals surface area contributed by atoms with Gasteiger partial charge in [-0.25, -0.2) is 4.79 Å². The number of thioether (sulfide) groups is 1. The van der Waals surface area contributed by atoms with Crippen molar-refractivity contribution in [2.75, 3.05) is 30.3 Å². The Bertz CT molecular complexity index is 1470. The molecule has 0 saturated carbocycles. The third kappa shape index (κ3) is 16.2. The SMILES string of the molecule is CC(=O)N[C@@H]1[C@@H](O[C@H](C)C(=O)N[C@@H](C)C(=O)N[C@@H](CCC(=O)O)C(N)=O)[C@H](O)[C@@H](CNC(=O)CCSSCCNC(=O)CCCC[C@@H]2SC[C@@H]3NC(=O)N[C@@H]32)O[C@H]1O. The lowest BCUT2D eigenvalue weighted by Gasteiger charge is -2.43. The number of carboxylic acid groups (broad SMARTS) is 1. The fourth-order valence-corrected chi connectivity index (χ4v) is 9.79. The van der Waals surface area contributed by atoms with Crippen molar-refractivity contribution in [2.24, 2.45) is 5.73 Å². The number of urea groups is 1. The number of carboxylic acids is 1. The first-order valence-corrected chi connectivity index (χ1v) is 22.5. The summed E-state index contributed by atoms with van der Waals surface area (Å²) in [6, 6.07) is -3.62. The Morgan fingerprint density at radius 2 is 1.67 bits per heavy atom. The highest BCUT2D eigenvalue weighted by Crippen LogP contribution is 2.33. The smallest absolute Gasteiger partial charge is 0.315 e. The lowest BCUT2D eigenvalue weighted by Crippen LogP contribution is -2.66. The highest BCUT2D eigenvalue weighted by molar-refractivity contribution is 8.76. The van der Waals surface area contributed by atoms with Crippen molar-refractivity contribution < 1.29 is 63.1 Å². The maximum absolute atomic E-state index is 13.0. The van der Waals surface area contributed by atoms with Gasteiger partial charge in [-0.1, -0.05) is 28.0 Å². The minimum atomic E-state index is -1.71. The van der Waals surface area contributed by atoms with Crippen LogP contribution in [0.4, 0.5) is 4.79 Å². The molecule has 11 atom stereocenters. The first-order valence-electron chi connectivity index (χ1n) is 19.0. The molecule has 328 valence electrons. The minimum Gasteiger partial charge on any atom is -0.481 e. The molecular formula is C34H56N8O13S3. The lowest BCUT2D eigenvalue weighted by molar-refractivity contribution is -0.259. The zero-order valence-corrected chi connectivity index (χ0v) is 35.0. The number of carbonyl (C=O) groups is 8. The number of rotatable bonds is 25. The number of primary amides is 1. The van der Waals surface area contributed by atoms with Crippen LogP contribution in [-0.2, 0) is 43.0 Å². The molecule has 3 saturated heterocycles. The van der Waals surface area contributed by atoms with Crippen LogP contribution in [0.1, 0.15) is 65.7 Å². The van der Waals surface area contributed by atoms with E-state index in [4.69, 9.17) is 20.3 Å². The lowest BCUT2D eigenvalue weighted by atomic mass is 9.96. The Balaban J connectivity index is 1.34. The van der Waals surface area contributed by atoms with E-state index in [0.717, 1.165) is 31.9 Å². The first-order chi connectivity index (χ1) is 27.5. The van der Waals surface area contributed by atoms with E-state index < -0.39 is 84.9 Å². The Morgan fingerprint density at radius 3 is 2.36 bits per heavy atom. The number of hydrogen-bond donors (Lipinski definition) is 11. The molecule has 0 aliphatic carbocycles. The second kappa shape index (κ2) is 24.5. The molecule has 3 heterocycles. The number of aliphatic hydroxyl groups excluding tert-OH is 2. The van der Waals surface area contributed by atoms with Gasteiger partial charge in [-0.2, -0.15) is 11.8 Å². The summed E-state index contributed by atoms with van der Waals surface area (Å²) in [5.41, 5.74) is 5.25. The van der Waals surface area contributed by atoms with Crippen LogP contribution in [0.25, 0.3) is 0 Å². The van der Waals surface area contributed by atoms with Crippen molar-refractivity contribution in [3.05, 3.63) is 0 Å². The van der Waals surface area contributed by atoms with E-state index in [1.165, 1.54) is 35.4 Å². The van der Waals surface area contributed by atoms with Crippen molar-refractivity contribution >= 4 is 80.8 Å². The second-order valence-corrected chi connectivity index (χ2v) is 18.0. The van der Waals surface area contributed by atoms with Gasteiger partial charge in [0.25, 0.3) is 0 Å². The summed E-state index contributed by atoms with van der Waals surface area (Å²) in [6.07, 6.45) is -4.80. The molecule has 0 spiro atoms. The number of nitrogens with one attached hydrogen (secondary N) is 7. The molecular weight excluding hydrogens is 825 g/mol. The quantitative estimate of drug-likeness (QED) is 0.0255. The van der Waals surface area contributed by atoms with E-state index in [2.05, 4.69) is 37.2 Å². The van der Waals surface area contributed by atoms with Crippen molar-refractivity contribution in [3.8, 4) is 0 Å². The van der Waals surface area contributed by atoms with Gasteiger partial charge in [-0.3, -0.25) is 33.6 Å². The van der Waals surface area contributed by atoms with Crippen LogP contribution in [0, 0.1) is 0 Å². The normalized spacial score (nSPS) is 26.5. The monoisotopic (exact) mass is 880 g/mol. The van der Waals surface area contributed by atoms with Crippen molar-refractivity contribution in [3.63, 3.8) is 0 Å². The molecule has 21 nitrogen and oxygen atoms in total. The Morgan fingerprint density at radius 1 is 0.966 bits per heavy atom. The van der Waals surface area contributed by atoms with Crippen LogP contribution in [-0.4, -0.2) is 159 Å². The highest BCUT2D eigenvalue weighted by Gasteiger charge is 2.47. The number of hydrogen-bond acceptors (Lipinski definition) is 15. The van der Waals surface area contributed by atoms with Crippen LogP contribution >= 0.6 is 33.3 Å². The van der Waals surface area contributed by atoms with E-state index in [9.17, 15) is 48.6 Å². The molecule has 12 N–H and O–H groups in total. The highest BCUT2D eigenvalue weighted by atomic mass is 33.1. The molecule has 0 unspecified atom stereocenters. The van der Waals surface area contributed by atoms with E-state index in [0.29, 0.717) is 29.7 Å². The number of aliphatic carboxylic acids is 1. The van der Waals surface area contributed by atoms with Crippen LogP contribution in [0.3, 0.4) is 0 Å². The zero-order valence-electron chi connectivity index (χ0n) is 32.6. The number of unbranched alkanes of at least 4 members (excludes halogenated alkanes) is 1. The largest absolute Gasteiger partial charge is 0.481 e. The fraction of sp³-hybridized carbons (Fsp3) is 0.765. The van der Waals surface area contributed by atoms with Gasteiger partial charge < -0.3 is 67.7 Å². The van der Waals surface area contributed by atoms with Gasteiger partial charge in [0.15, 0.2) is 6.29 Å². The van der Waals surface area contributed by atoms with Gasteiger partial charge >= 0.3 is 12.0 Å². The number of amides is 8. The van der Waals surface area contributed by atoms with Gasteiger partial charge in [0.1, 0.15) is 42.5 Å². The van der Waals surface area contributed by atoms with Crippen LogP contribution < -0.4 is 43.0 Å². The number of fused-ring (bicyclic) bond motifs is 1. The average molecular weight is 881 g/mol. The number of ether oxygens (including phenoxy) is 2. The fourth-order valence-electron chi connectivity index (χ4n) is 6.35. The Hall–Kier alpha value is -3.55. The summed E-state index contributed by atoms with van der Waals surface area (Å²) in [6.45, 7) is 3.98. The molecule has 0 aromatic rings. The average Bonchev–Trinajstić information content (AvgIpc) is 3.71. The van der Waals surface area contributed by atoms with Gasteiger partial charge in [-0.15, -0.1) is 0 Å². The summed E-state index contributed by atoms with van der Waals surface area (Å²) in [7, 11) is 2.95. The topological polar surface area (TPSA) is 326 Å². The van der Waals surface area contributed by atoms with Crippen LogP contribution in [0.5, 0.6) is 0 Å². The number of carbonyl (C=O) groups excluding carboxylic acids is 7. The predicted molar refractivity (Wildman–Crippen MR) is 214 cm³/mol. The molecule has 3 fully saturated rings. The second-order valence-electron chi connectivity index (χ2n) is 14.1. The zero-order chi connectivity index (χ0) is 42.9. The summed E-state index contributed by atoms with van der Waals surface area (Å²) in [5, 5.41) is 49.6. The molecule has 8 amide bonds. The van der Waals surface area contributed by atoms with Gasteiger partial charge in [0.2, 0.25) is 35.4 Å². The third-order valence-electron chi connectivity index (χ3n) is 9.44. The molecule has 3 aliphatic heterocycles. The molecule has 3 aliphatic rings. The van der Waals surface area contributed by atoms with Crippen LogP contribution in [0.2, 0.25) is 0 Å². The first kappa shape index (κ1) is 48.8. The molecule has 3 rings (SSSR count). The van der Waals surface area contributed by atoms with E-state index in [1.807, 2.05) is 11.8 Å². The predicted octanol–water partition coefficient (Wildman–Crippen LogP) is -2.59. The third-order valence-corrected chi connectivity index (χ3v) is 13.4. The summed E-state index contributed by atoms with van der Waals surface area (Å²) in [5.74, 6) is -2.84. The van der Waals surface area contributed by atoms with Crippen molar-refractivity contribution in [1.82, 2.24) is 37.2 Å². The van der Waals surface area contributed by atoms with Gasteiger partial charge in [0, 0.05) is 61.8 Å². The van der Waals surface area contributed by atoms with Crippen molar-refractivity contribution in [1.29, 1.82) is 0 Å². The number of nitrogens with two attached hydrogens (primary N) is 1. The molecule has 0 radical (unpaired) electrons. The molecule has 0 bridgehead atoms. The Labute approximate surface area is 348 Å². The van der Waals surface area contributed by atoms with Gasteiger partial charge in [0.05, 0.1) is 12.1 Å². The summed E-state index contributed by atoms with van der Waals surface area (Å²) >= 11 is 1.85. The van der Waals surface area contributed by atoms with Crippen molar-refractivity contribution in [2.45, 2.75) is 132 Å². The summed E-state index contributed by atoms with van der Waals surface area (Å²) in [4.78, 5) is 96.3. The van der Waals surface area contributed by atoms with Gasteiger partial charge in [-0.05, 0) is 33.1 Å².